The van der Waals surface area contributed by atoms with Crippen molar-refractivity contribution in [1.82, 2.24) is 15.0 Å². The van der Waals surface area contributed by atoms with Gasteiger partial charge in [0.15, 0.2) is 0 Å². The standard InChI is InChI=1S/C9H6BrN3/c10-9-8(5-12-6-13-9)7-2-1-3-11-4-7/h1-6H. The Labute approximate surface area is 84.0 Å². The average molecular weight is 236 g/mol. The van der Waals surface area contributed by atoms with E-state index < -0.39 is 0 Å². The van der Waals surface area contributed by atoms with Crippen LogP contribution in [0.4, 0.5) is 0 Å². The first-order valence-corrected chi connectivity index (χ1v) is 4.53. The lowest BCUT2D eigenvalue weighted by atomic mass is 10.2. The Hall–Kier alpha value is -1.29. The quantitative estimate of drug-likeness (QED) is 0.713. The van der Waals surface area contributed by atoms with Gasteiger partial charge in [0.2, 0.25) is 0 Å². The summed E-state index contributed by atoms with van der Waals surface area (Å²) in [6, 6.07) is 3.85. The lowest BCUT2D eigenvalue weighted by Gasteiger charge is -2.00. The predicted octanol–water partition coefficient (Wildman–Crippen LogP) is 2.30. The van der Waals surface area contributed by atoms with Crippen molar-refractivity contribution in [2.24, 2.45) is 0 Å². The van der Waals surface area contributed by atoms with Gasteiger partial charge in [-0.1, -0.05) is 6.07 Å². The van der Waals surface area contributed by atoms with Crippen LogP contribution in [0.1, 0.15) is 0 Å². The molecule has 0 radical (unpaired) electrons. The minimum absolute atomic E-state index is 0.788. The van der Waals surface area contributed by atoms with Gasteiger partial charge < -0.3 is 0 Å². The molecule has 0 fully saturated rings. The zero-order valence-electron chi connectivity index (χ0n) is 6.68. The topological polar surface area (TPSA) is 38.7 Å². The Morgan fingerprint density at radius 2 is 2.08 bits per heavy atom. The summed E-state index contributed by atoms with van der Waals surface area (Å²) in [7, 11) is 0. The highest BCUT2D eigenvalue weighted by Crippen LogP contribution is 2.23. The normalized spacial score (nSPS) is 9.92. The van der Waals surface area contributed by atoms with Crippen molar-refractivity contribution in [2.75, 3.05) is 0 Å². The van der Waals surface area contributed by atoms with E-state index in [1.807, 2.05) is 12.1 Å². The van der Waals surface area contributed by atoms with E-state index in [1.165, 1.54) is 6.33 Å². The van der Waals surface area contributed by atoms with Crippen LogP contribution in [0.2, 0.25) is 0 Å². The molecular formula is C9H6BrN3. The molecule has 0 aromatic carbocycles. The van der Waals surface area contributed by atoms with Crippen LogP contribution in [0.5, 0.6) is 0 Å². The van der Waals surface area contributed by atoms with Gasteiger partial charge in [0, 0.05) is 29.7 Å². The second kappa shape index (κ2) is 3.62. The lowest BCUT2D eigenvalue weighted by Crippen LogP contribution is -1.85. The Morgan fingerprint density at radius 3 is 2.77 bits per heavy atom. The van der Waals surface area contributed by atoms with E-state index in [4.69, 9.17) is 0 Å². The van der Waals surface area contributed by atoms with Gasteiger partial charge in [-0.25, -0.2) is 9.97 Å². The third-order valence-electron chi connectivity index (χ3n) is 1.64. The van der Waals surface area contributed by atoms with Gasteiger partial charge in [-0.05, 0) is 22.0 Å². The maximum Gasteiger partial charge on any atom is 0.117 e. The first kappa shape index (κ1) is 8.31. The van der Waals surface area contributed by atoms with Crippen molar-refractivity contribution in [3.63, 3.8) is 0 Å². The van der Waals surface area contributed by atoms with Crippen LogP contribution in [0.3, 0.4) is 0 Å². The van der Waals surface area contributed by atoms with Crippen LogP contribution in [0.15, 0.2) is 41.7 Å². The molecule has 13 heavy (non-hydrogen) atoms. The molecule has 0 saturated heterocycles. The summed E-state index contributed by atoms with van der Waals surface area (Å²) >= 11 is 3.35. The van der Waals surface area contributed by atoms with Crippen LogP contribution < -0.4 is 0 Å². The third kappa shape index (κ3) is 1.72. The van der Waals surface area contributed by atoms with E-state index >= 15 is 0 Å². The fourth-order valence-corrected chi connectivity index (χ4v) is 1.45. The number of rotatable bonds is 1. The summed E-state index contributed by atoms with van der Waals surface area (Å²) < 4.78 is 0.788. The molecule has 0 spiro atoms. The molecule has 0 amide bonds. The second-order valence-corrected chi connectivity index (χ2v) is 3.22. The molecule has 0 aliphatic heterocycles. The van der Waals surface area contributed by atoms with Gasteiger partial charge in [-0.15, -0.1) is 0 Å². The fraction of sp³-hybridized carbons (Fsp3) is 0. The number of hydrogen-bond acceptors (Lipinski definition) is 3. The third-order valence-corrected chi connectivity index (χ3v) is 2.27. The van der Waals surface area contributed by atoms with Crippen LogP contribution in [0.25, 0.3) is 11.1 Å². The molecule has 0 N–H and O–H groups in total. The summed E-state index contributed by atoms with van der Waals surface area (Å²) in [4.78, 5) is 12.0. The predicted molar refractivity (Wildman–Crippen MR) is 53.0 cm³/mol. The molecule has 2 heterocycles. The zero-order valence-corrected chi connectivity index (χ0v) is 8.27. The minimum Gasteiger partial charge on any atom is -0.264 e. The molecule has 4 heteroatoms. The molecule has 2 aromatic rings. The molecule has 0 unspecified atom stereocenters. The molecular weight excluding hydrogens is 230 g/mol. The number of halogens is 1. The van der Waals surface area contributed by atoms with Gasteiger partial charge in [-0.2, -0.15) is 0 Å². The molecule has 3 nitrogen and oxygen atoms in total. The van der Waals surface area contributed by atoms with Crippen molar-refractivity contribution in [3.8, 4) is 11.1 Å². The molecule has 2 rings (SSSR count). The van der Waals surface area contributed by atoms with E-state index in [0.29, 0.717) is 0 Å². The molecule has 2 aromatic heterocycles. The summed E-state index contributed by atoms with van der Waals surface area (Å²) in [6.45, 7) is 0. The second-order valence-electron chi connectivity index (χ2n) is 2.47. The van der Waals surface area contributed by atoms with E-state index in [9.17, 15) is 0 Å². The van der Waals surface area contributed by atoms with Gasteiger partial charge >= 0.3 is 0 Å². The highest BCUT2D eigenvalue weighted by atomic mass is 79.9. The van der Waals surface area contributed by atoms with Crippen LogP contribution in [0, 0.1) is 0 Å². The number of nitrogens with zero attached hydrogens (tertiary/aromatic N) is 3. The molecule has 0 aliphatic carbocycles. The summed E-state index contributed by atoms with van der Waals surface area (Å²) in [5, 5.41) is 0. The van der Waals surface area contributed by atoms with Crippen LogP contribution >= 0.6 is 15.9 Å². The Bertz CT molecular complexity index is 403. The first-order valence-electron chi connectivity index (χ1n) is 3.74. The zero-order chi connectivity index (χ0) is 9.10. The summed E-state index contributed by atoms with van der Waals surface area (Å²) in [6.07, 6.45) is 6.78. The molecule has 0 aliphatic rings. The number of aromatic nitrogens is 3. The van der Waals surface area contributed by atoms with E-state index in [0.717, 1.165) is 15.7 Å². The SMILES string of the molecule is Brc1ncncc1-c1cccnc1. The minimum atomic E-state index is 0.788. The fourth-order valence-electron chi connectivity index (χ4n) is 1.03. The monoisotopic (exact) mass is 235 g/mol. The van der Waals surface area contributed by atoms with Crippen molar-refractivity contribution in [3.05, 3.63) is 41.7 Å². The number of pyridine rings is 1. The maximum atomic E-state index is 4.03. The van der Waals surface area contributed by atoms with Gasteiger partial charge in [0.1, 0.15) is 10.9 Å². The van der Waals surface area contributed by atoms with Gasteiger partial charge in [0.25, 0.3) is 0 Å². The van der Waals surface area contributed by atoms with Crippen LogP contribution in [-0.4, -0.2) is 15.0 Å². The summed E-state index contributed by atoms with van der Waals surface area (Å²) in [5.41, 5.74) is 1.96. The van der Waals surface area contributed by atoms with Crippen molar-refractivity contribution < 1.29 is 0 Å². The molecule has 0 bridgehead atoms. The largest absolute Gasteiger partial charge is 0.264 e. The average Bonchev–Trinajstić information content (AvgIpc) is 2.20. The Morgan fingerprint density at radius 1 is 1.15 bits per heavy atom. The van der Waals surface area contributed by atoms with E-state index in [2.05, 4.69) is 30.9 Å². The van der Waals surface area contributed by atoms with Crippen LogP contribution in [-0.2, 0) is 0 Å². The molecule has 0 saturated carbocycles. The lowest BCUT2D eigenvalue weighted by molar-refractivity contribution is 1.14. The highest BCUT2D eigenvalue weighted by molar-refractivity contribution is 9.10. The van der Waals surface area contributed by atoms with E-state index in [1.54, 1.807) is 18.6 Å². The molecule has 0 atom stereocenters. The molecule has 64 valence electrons. The smallest absolute Gasteiger partial charge is 0.117 e. The highest BCUT2D eigenvalue weighted by Gasteiger charge is 2.02. The summed E-state index contributed by atoms with van der Waals surface area (Å²) in [5.74, 6) is 0. The first-order chi connectivity index (χ1) is 6.38. The Balaban J connectivity index is 2.54. The van der Waals surface area contributed by atoms with Crippen molar-refractivity contribution >= 4 is 15.9 Å². The van der Waals surface area contributed by atoms with Crippen molar-refractivity contribution in [2.45, 2.75) is 0 Å². The van der Waals surface area contributed by atoms with Crippen molar-refractivity contribution in [1.29, 1.82) is 0 Å². The van der Waals surface area contributed by atoms with E-state index in [-0.39, 0.29) is 0 Å². The van der Waals surface area contributed by atoms with Gasteiger partial charge in [0.05, 0.1) is 0 Å². The number of hydrogen-bond donors (Lipinski definition) is 0. The Kier molecular flexibility index (Phi) is 2.31. The van der Waals surface area contributed by atoms with Gasteiger partial charge in [-0.3, -0.25) is 4.98 Å². The maximum absolute atomic E-state index is 4.03.